The Morgan fingerprint density at radius 3 is 1.06 bits per heavy atom. The van der Waals surface area contributed by atoms with Gasteiger partial charge in [0, 0.05) is 19.3 Å². The van der Waals surface area contributed by atoms with Crippen molar-refractivity contribution in [2.24, 2.45) is 0 Å². The lowest BCUT2D eigenvalue weighted by molar-refractivity contribution is -0.167. The van der Waals surface area contributed by atoms with Crippen molar-refractivity contribution >= 4 is 17.9 Å². The molecule has 0 spiro atoms. The fraction of sp³-hybridized carbons (Fsp3) is 0.878. The van der Waals surface area contributed by atoms with Crippen molar-refractivity contribution in [1.82, 2.24) is 0 Å². The average molecular weight is 665 g/mol. The Morgan fingerprint density at radius 1 is 0.404 bits per heavy atom. The fourth-order valence-electron chi connectivity index (χ4n) is 5.67. The van der Waals surface area contributed by atoms with E-state index in [2.05, 4.69) is 32.9 Å². The van der Waals surface area contributed by atoms with E-state index in [4.69, 9.17) is 14.2 Å². The third-order valence-corrected chi connectivity index (χ3v) is 8.77. The smallest absolute Gasteiger partial charge is 0.306 e. The highest BCUT2D eigenvalue weighted by atomic mass is 16.6. The summed E-state index contributed by atoms with van der Waals surface area (Å²) in [4.78, 5) is 37.3. The molecule has 0 rings (SSSR count). The molecule has 0 aromatic carbocycles. The summed E-state index contributed by atoms with van der Waals surface area (Å²) in [6, 6.07) is 0. The SMILES string of the molecule is CCCCCCCC/C=C/CCCCCCCC(=O)OC(COC(=O)CCCCCCCCC)COC(=O)CCCCCCCCC. The Kier molecular flexibility index (Phi) is 35.5. The van der Waals surface area contributed by atoms with Crippen molar-refractivity contribution in [3.05, 3.63) is 12.2 Å². The van der Waals surface area contributed by atoms with Crippen LogP contribution >= 0.6 is 0 Å². The molecule has 0 aromatic rings. The Labute approximate surface area is 290 Å². The lowest BCUT2D eigenvalue weighted by Gasteiger charge is -2.18. The molecule has 0 fully saturated rings. The molecular weight excluding hydrogens is 588 g/mol. The van der Waals surface area contributed by atoms with Crippen LogP contribution in [0.15, 0.2) is 12.2 Å². The second kappa shape index (κ2) is 37.0. The molecule has 47 heavy (non-hydrogen) atoms. The number of ether oxygens (including phenoxy) is 3. The predicted molar refractivity (Wildman–Crippen MR) is 196 cm³/mol. The topological polar surface area (TPSA) is 78.9 Å². The summed E-state index contributed by atoms with van der Waals surface area (Å²) in [5.41, 5.74) is 0. The van der Waals surface area contributed by atoms with E-state index in [1.54, 1.807) is 0 Å². The molecular formula is C41H76O6. The van der Waals surface area contributed by atoms with Crippen molar-refractivity contribution in [2.75, 3.05) is 13.2 Å². The number of esters is 3. The maximum Gasteiger partial charge on any atom is 0.306 e. The molecule has 0 atom stereocenters. The summed E-state index contributed by atoms with van der Waals surface area (Å²) < 4.78 is 16.5. The van der Waals surface area contributed by atoms with Crippen LogP contribution in [0, 0.1) is 0 Å². The molecule has 0 unspecified atom stereocenters. The van der Waals surface area contributed by atoms with Gasteiger partial charge in [-0.2, -0.15) is 0 Å². The highest BCUT2D eigenvalue weighted by Crippen LogP contribution is 2.13. The number of carbonyl (C=O) groups is 3. The summed E-state index contributed by atoms with van der Waals surface area (Å²) in [6.07, 6.45) is 36.4. The van der Waals surface area contributed by atoms with Crippen LogP contribution in [0.25, 0.3) is 0 Å². The molecule has 0 amide bonds. The van der Waals surface area contributed by atoms with Gasteiger partial charge in [0.25, 0.3) is 0 Å². The van der Waals surface area contributed by atoms with Gasteiger partial charge in [-0.05, 0) is 44.9 Å². The zero-order valence-electron chi connectivity index (χ0n) is 31.3. The van der Waals surface area contributed by atoms with Gasteiger partial charge in [-0.15, -0.1) is 0 Å². The summed E-state index contributed by atoms with van der Waals surface area (Å²) in [6.45, 7) is 6.53. The van der Waals surface area contributed by atoms with Gasteiger partial charge in [-0.3, -0.25) is 14.4 Å². The molecule has 6 nitrogen and oxygen atoms in total. The number of hydrogen-bond donors (Lipinski definition) is 0. The number of hydrogen-bond acceptors (Lipinski definition) is 6. The van der Waals surface area contributed by atoms with Crippen molar-refractivity contribution < 1.29 is 28.6 Å². The van der Waals surface area contributed by atoms with Crippen LogP contribution in [0.4, 0.5) is 0 Å². The number of unbranched alkanes of at least 4 members (excludes halogenated alkanes) is 23. The van der Waals surface area contributed by atoms with E-state index < -0.39 is 6.10 Å². The first kappa shape index (κ1) is 45.2. The van der Waals surface area contributed by atoms with E-state index in [-0.39, 0.29) is 31.1 Å². The first-order chi connectivity index (χ1) is 23.0. The number of rotatable bonds is 36. The zero-order valence-corrected chi connectivity index (χ0v) is 31.3. The largest absolute Gasteiger partial charge is 0.462 e. The van der Waals surface area contributed by atoms with Crippen molar-refractivity contribution in [1.29, 1.82) is 0 Å². The minimum atomic E-state index is -0.762. The van der Waals surface area contributed by atoms with E-state index in [9.17, 15) is 14.4 Å². The summed E-state index contributed by atoms with van der Waals surface area (Å²) in [5, 5.41) is 0. The van der Waals surface area contributed by atoms with E-state index in [1.807, 2.05) is 0 Å². The molecule has 276 valence electrons. The Balaban J connectivity index is 4.29. The third-order valence-electron chi connectivity index (χ3n) is 8.77. The minimum Gasteiger partial charge on any atom is -0.462 e. The normalized spacial score (nSPS) is 11.4. The highest BCUT2D eigenvalue weighted by molar-refractivity contribution is 5.71. The predicted octanol–water partition coefficient (Wildman–Crippen LogP) is 12.3. The molecule has 0 aliphatic heterocycles. The molecule has 0 radical (unpaired) electrons. The van der Waals surface area contributed by atoms with Gasteiger partial charge in [0.1, 0.15) is 13.2 Å². The molecule has 0 saturated carbocycles. The van der Waals surface area contributed by atoms with Crippen LogP contribution < -0.4 is 0 Å². The van der Waals surface area contributed by atoms with E-state index in [0.29, 0.717) is 19.3 Å². The van der Waals surface area contributed by atoms with E-state index >= 15 is 0 Å². The Morgan fingerprint density at radius 2 is 0.702 bits per heavy atom. The molecule has 0 bridgehead atoms. The van der Waals surface area contributed by atoms with E-state index in [0.717, 1.165) is 64.2 Å². The monoisotopic (exact) mass is 665 g/mol. The molecule has 0 saturated heterocycles. The van der Waals surface area contributed by atoms with E-state index in [1.165, 1.54) is 109 Å². The molecule has 0 heterocycles. The average Bonchev–Trinajstić information content (AvgIpc) is 3.06. The van der Waals surface area contributed by atoms with Gasteiger partial charge in [0.2, 0.25) is 0 Å². The van der Waals surface area contributed by atoms with Gasteiger partial charge in [0.05, 0.1) is 0 Å². The van der Waals surface area contributed by atoms with Crippen LogP contribution in [-0.2, 0) is 28.6 Å². The third kappa shape index (κ3) is 35.3. The summed E-state index contributed by atoms with van der Waals surface area (Å²) >= 11 is 0. The lowest BCUT2D eigenvalue weighted by atomic mass is 10.1. The van der Waals surface area contributed by atoms with Gasteiger partial charge < -0.3 is 14.2 Å². The zero-order chi connectivity index (χ0) is 34.5. The molecule has 0 aliphatic carbocycles. The van der Waals surface area contributed by atoms with Crippen LogP contribution in [0.5, 0.6) is 0 Å². The highest BCUT2D eigenvalue weighted by Gasteiger charge is 2.19. The molecule has 0 aliphatic rings. The first-order valence-corrected chi connectivity index (χ1v) is 20.2. The number of allylic oxidation sites excluding steroid dienone is 2. The second-order valence-corrected chi connectivity index (χ2v) is 13.6. The fourth-order valence-corrected chi connectivity index (χ4v) is 5.67. The van der Waals surface area contributed by atoms with Crippen LogP contribution in [0.1, 0.15) is 213 Å². The van der Waals surface area contributed by atoms with Crippen LogP contribution in [0.3, 0.4) is 0 Å². The molecule has 0 N–H and O–H groups in total. The van der Waals surface area contributed by atoms with Crippen molar-refractivity contribution in [3.8, 4) is 0 Å². The number of carbonyl (C=O) groups excluding carboxylic acids is 3. The summed E-state index contributed by atoms with van der Waals surface area (Å²) in [7, 11) is 0. The van der Waals surface area contributed by atoms with Gasteiger partial charge >= 0.3 is 17.9 Å². The van der Waals surface area contributed by atoms with Crippen LogP contribution in [-0.4, -0.2) is 37.2 Å². The van der Waals surface area contributed by atoms with Gasteiger partial charge in [-0.25, -0.2) is 0 Å². The molecule has 6 heteroatoms. The minimum absolute atomic E-state index is 0.0713. The molecule has 0 aromatic heterocycles. The lowest BCUT2D eigenvalue weighted by Crippen LogP contribution is -2.30. The summed E-state index contributed by atoms with van der Waals surface area (Å²) in [5.74, 6) is -0.892. The maximum atomic E-state index is 12.6. The second-order valence-electron chi connectivity index (χ2n) is 13.6. The standard InChI is InChI=1S/C41H76O6/c1-4-7-10-13-16-17-18-19-20-21-22-23-26-29-32-35-41(44)47-38(36-45-39(42)33-30-27-24-14-11-8-5-2)37-46-40(43)34-31-28-25-15-12-9-6-3/h19-20,38H,4-18,21-37H2,1-3H3/b20-19+. The first-order valence-electron chi connectivity index (χ1n) is 20.2. The van der Waals surface area contributed by atoms with Crippen molar-refractivity contribution in [2.45, 2.75) is 219 Å². The maximum absolute atomic E-state index is 12.6. The van der Waals surface area contributed by atoms with Gasteiger partial charge in [0.15, 0.2) is 6.10 Å². The Hall–Kier alpha value is -1.85. The van der Waals surface area contributed by atoms with Crippen molar-refractivity contribution in [3.63, 3.8) is 0 Å². The van der Waals surface area contributed by atoms with Gasteiger partial charge in [-0.1, -0.05) is 161 Å². The van der Waals surface area contributed by atoms with Crippen LogP contribution in [0.2, 0.25) is 0 Å². The Bertz CT molecular complexity index is 699. The quantitative estimate of drug-likeness (QED) is 0.0287.